The summed E-state index contributed by atoms with van der Waals surface area (Å²) >= 11 is 1.49. The van der Waals surface area contributed by atoms with Gasteiger partial charge < -0.3 is 10.4 Å². The lowest BCUT2D eigenvalue weighted by Crippen LogP contribution is -2.38. The smallest absolute Gasteiger partial charge is 0.220 e. The number of rotatable bonds is 6. The number of benzene rings is 1. The average Bonchev–Trinajstić information content (AvgIpc) is 3.01. The first-order valence-corrected chi connectivity index (χ1v) is 7.95. The van der Waals surface area contributed by atoms with E-state index in [2.05, 4.69) is 5.32 Å². The lowest BCUT2D eigenvalue weighted by molar-refractivity contribution is -0.122. The van der Waals surface area contributed by atoms with Crippen LogP contribution in [0.25, 0.3) is 0 Å². The Morgan fingerprint density at radius 3 is 2.62 bits per heavy atom. The molecule has 0 aliphatic rings. The molecule has 0 saturated carbocycles. The molecule has 2 unspecified atom stereocenters. The molecule has 2 rings (SSSR count). The average molecular weight is 303 g/mol. The first kappa shape index (κ1) is 15.7. The topological polar surface area (TPSA) is 49.3 Å². The Balaban J connectivity index is 1.85. The molecular weight excluding hydrogens is 282 g/mol. The van der Waals surface area contributed by atoms with Gasteiger partial charge in [-0.25, -0.2) is 0 Å². The van der Waals surface area contributed by atoms with Gasteiger partial charge in [0.1, 0.15) is 5.60 Å². The summed E-state index contributed by atoms with van der Waals surface area (Å²) in [6, 6.07) is 13.8. The molecule has 4 heteroatoms. The molecule has 2 N–H and O–H groups in total. The van der Waals surface area contributed by atoms with Gasteiger partial charge in [-0.2, -0.15) is 0 Å². The van der Waals surface area contributed by atoms with Crippen LogP contribution < -0.4 is 5.32 Å². The summed E-state index contributed by atoms with van der Waals surface area (Å²) in [5, 5.41) is 15.1. The second-order valence-corrected chi connectivity index (χ2v) is 6.49. The van der Waals surface area contributed by atoms with Crippen molar-refractivity contribution in [3.05, 3.63) is 58.3 Å². The highest BCUT2D eigenvalue weighted by atomic mass is 32.1. The fourth-order valence-corrected chi connectivity index (χ4v) is 2.98. The van der Waals surface area contributed by atoms with Gasteiger partial charge in [-0.3, -0.25) is 4.79 Å². The minimum absolute atomic E-state index is 0.0387. The fourth-order valence-electron chi connectivity index (χ4n) is 2.19. The van der Waals surface area contributed by atoms with Gasteiger partial charge in [0.15, 0.2) is 0 Å². The minimum atomic E-state index is -1.01. The molecule has 0 bridgehead atoms. The molecule has 0 aliphatic heterocycles. The largest absolute Gasteiger partial charge is 0.383 e. The summed E-state index contributed by atoms with van der Waals surface area (Å²) in [5.74, 6) is 0.126. The second-order valence-electron chi connectivity index (χ2n) is 5.54. The Morgan fingerprint density at radius 2 is 2.00 bits per heavy atom. The highest BCUT2D eigenvalue weighted by Gasteiger charge is 2.25. The van der Waals surface area contributed by atoms with Gasteiger partial charge in [0.05, 0.1) is 6.54 Å². The van der Waals surface area contributed by atoms with Gasteiger partial charge in [-0.1, -0.05) is 43.3 Å². The molecule has 1 heterocycles. The normalized spacial score (nSPS) is 15.2. The lowest BCUT2D eigenvalue weighted by atomic mass is 9.97. The van der Waals surface area contributed by atoms with Gasteiger partial charge in [0.2, 0.25) is 5.91 Å². The second kappa shape index (κ2) is 6.87. The van der Waals surface area contributed by atoms with Crippen molar-refractivity contribution in [2.75, 3.05) is 6.54 Å². The molecule has 0 radical (unpaired) electrons. The Bertz CT molecular complexity index is 564. The van der Waals surface area contributed by atoms with Gasteiger partial charge in [0, 0.05) is 11.3 Å². The number of amides is 1. The zero-order valence-corrected chi connectivity index (χ0v) is 13.2. The van der Waals surface area contributed by atoms with E-state index in [4.69, 9.17) is 0 Å². The number of carbonyl (C=O) groups is 1. The molecule has 0 saturated heterocycles. The Labute approximate surface area is 129 Å². The first-order chi connectivity index (χ1) is 9.99. The van der Waals surface area contributed by atoms with Crippen LogP contribution in [0.4, 0.5) is 0 Å². The number of hydrogen-bond donors (Lipinski definition) is 2. The van der Waals surface area contributed by atoms with Crippen LogP contribution in [0.2, 0.25) is 0 Å². The predicted octanol–water partition coefficient (Wildman–Crippen LogP) is 3.27. The maximum absolute atomic E-state index is 12.0. The molecule has 1 aromatic heterocycles. The van der Waals surface area contributed by atoms with Crippen LogP contribution in [-0.4, -0.2) is 17.6 Å². The predicted molar refractivity (Wildman–Crippen MR) is 86.4 cm³/mol. The van der Waals surface area contributed by atoms with Crippen LogP contribution in [0.3, 0.4) is 0 Å². The molecule has 1 amide bonds. The van der Waals surface area contributed by atoms with E-state index in [1.807, 2.05) is 54.8 Å². The summed E-state index contributed by atoms with van der Waals surface area (Å²) in [7, 11) is 0. The zero-order chi connectivity index (χ0) is 15.3. The van der Waals surface area contributed by atoms with Crippen LogP contribution in [0, 0.1) is 0 Å². The van der Waals surface area contributed by atoms with Gasteiger partial charge in [-0.05, 0) is 29.9 Å². The van der Waals surface area contributed by atoms with Crippen molar-refractivity contribution in [1.82, 2.24) is 5.32 Å². The third-order valence-corrected chi connectivity index (χ3v) is 4.66. The van der Waals surface area contributed by atoms with Crippen LogP contribution in [0.1, 0.15) is 36.6 Å². The van der Waals surface area contributed by atoms with Crippen molar-refractivity contribution in [3.63, 3.8) is 0 Å². The fraction of sp³-hybridized carbons (Fsp3) is 0.353. The Kier molecular flexibility index (Phi) is 5.15. The highest BCUT2D eigenvalue weighted by molar-refractivity contribution is 7.10. The third kappa shape index (κ3) is 4.41. The summed E-state index contributed by atoms with van der Waals surface area (Å²) < 4.78 is 0. The number of carbonyl (C=O) groups excluding carboxylic acids is 1. The van der Waals surface area contributed by atoms with Gasteiger partial charge in [0.25, 0.3) is 0 Å². The standard InChI is InChI=1S/C17H21NO2S/c1-13(14-7-4-3-5-8-14)11-16(19)18-12-17(2,20)15-9-6-10-21-15/h3-10,13,20H,11-12H2,1-2H3,(H,18,19). The van der Waals surface area contributed by atoms with Crippen LogP contribution in [0.5, 0.6) is 0 Å². The van der Waals surface area contributed by atoms with Crippen molar-refractivity contribution in [3.8, 4) is 0 Å². The lowest BCUT2D eigenvalue weighted by Gasteiger charge is -2.22. The number of hydrogen-bond acceptors (Lipinski definition) is 3. The van der Waals surface area contributed by atoms with Crippen LogP contribution in [0.15, 0.2) is 47.8 Å². The summed E-state index contributed by atoms with van der Waals surface area (Å²) in [5.41, 5.74) is 0.137. The van der Waals surface area contributed by atoms with Crippen molar-refractivity contribution < 1.29 is 9.90 Å². The van der Waals surface area contributed by atoms with Gasteiger partial charge in [-0.15, -0.1) is 11.3 Å². The maximum atomic E-state index is 12.0. The summed E-state index contributed by atoms with van der Waals surface area (Å²) in [6.45, 7) is 3.99. The Hall–Kier alpha value is -1.65. The third-order valence-electron chi connectivity index (χ3n) is 3.54. The zero-order valence-electron chi connectivity index (χ0n) is 12.4. The molecule has 2 atom stereocenters. The maximum Gasteiger partial charge on any atom is 0.220 e. The molecule has 0 fully saturated rings. The number of aliphatic hydroxyl groups is 1. The van der Waals surface area contributed by atoms with Crippen molar-refractivity contribution >= 4 is 17.2 Å². The molecule has 0 spiro atoms. The molecule has 2 aromatic rings. The molecular formula is C17H21NO2S. The molecule has 3 nitrogen and oxygen atoms in total. The van der Waals surface area contributed by atoms with Gasteiger partial charge >= 0.3 is 0 Å². The first-order valence-electron chi connectivity index (χ1n) is 7.07. The SMILES string of the molecule is CC(CC(=O)NCC(C)(O)c1cccs1)c1ccccc1. The van der Waals surface area contributed by atoms with Crippen molar-refractivity contribution in [1.29, 1.82) is 0 Å². The molecule has 1 aromatic carbocycles. The monoisotopic (exact) mass is 303 g/mol. The molecule has 112 valence electrons. The minimum Gasteiger partial charge on any atom is -0.383 e. The quantitative estimate of drug-likeness (QED) is 0.860. The van der Waals surface area contributed by atoms with Crippen molar-refractivity contribution in [2.24, 2.45) is 0 Å². The Morgan fingerprint density at radius 1 is 1.29 bits per heavy atom. The summed E-state index contributed by atoms with van der Waals surface area (Å²) in [4.78, 5) is 12.9. The molecule has 21 heavy (non-hydrogen) atoms. The van der Waals surface area contributed by atoms with E-state index >= 15 is 0 Å². The van der Waals surface area contributed by atoms with Crippen LogP contribution in [-0.2, 0) is 10.4 Å². The van der Waals surface area contributed by atoms with E-state index in [1.54, 1.807) is 6.92 Å². The van der Waals surface area contributed by atoms with E-state index in [0.717, 1.165) is 10.4 Å². The van der Waals surface area contributed by atoms with E-state index in [9.17, 15) is 9.90 Å². The van der Waals surface area contributed by atoms with E-state index in [1.165, 1.54) is 11.3 Å². The van der Waals surface area contributed by atoms with E-state index < -0.39 is 5.60 Å². The van der Waals surface area contributed by atoms with Crippen LogP contribution >= 0.6 is 11.3 Å². The number of thiophene rings is 1. The molecule has 0 aliphatic carbocycles. The summed E-state index contributed by atoms with van der Waals surface area (Å²) in [6.07, 6.45) is 0.421. The number of nitrogens with one attached hydrogen (secondary N) is 1. The highest BCUT2D eigenvalue weighted by Crippen LogP contribution is 2.24. The van der Waals surface area contributed by atoms with E-state index in [-0.39, 0.29) is 18.4 Å². The van der Waals surface area contributed by atoms with Crippen molar-refractivity contribution in [2.45, 2.75) is 31.8 Å². The van der Waals surface area contributed by atoms with E-state index in [0.29, 0.717) is 6.42 Å².